The summed E-state index contributed by atoms with van der Waals surface area (Å²) in [5.74, 6) is -0.286. The summed E-state index contributed by atoms with van der Waals surface area (Å²) in [5.41, 5.74) is 1.54. The molecule has 154 valence electrons. The predicted octanol–water partition coefficient (Wildman–Crippen LogP) is 5.31. The van der Waals surface area contributed by atoms with Crippen LogP contribution in [0, 0.1) is 0 Å². The van der Waals surface area contributed by atoms with E-state index in [0.29, 0.717) is 6.42 Å². The normalized spacial score (nSPS) is 13.0. The molecule has 0 fully saturated rings. The maximum absolute atomic E-state index is 11.4. The fourth-order valence-electron chi connectivity index (χ4n) is 2.89. The fourth-order valence-corrected chi connectivity index (χ4v) is 2.89. The number of ether oxygens (including phenoxy) is 1. The first-order chi connectivity index (χ1) is 12.6. The Labute approximate surface area is 161 Å². The second-order valence-corrected chi connectivity index (χ2v) is 7.39. The molecule has 0 saturated heterocycles. The second kappa shape index (κ2) is 18.9. The first kappa shape index (κ1) is 25.1. The van der Waals surface area contributed by atoms with Crippen LogP contribution in [0.25, 0.3) is 0 Å². The minimum Gasteiger partial charge on any atom is -0.463 e. The van der Waals surface area contributed by atoms with Crippen LogP contribution in [0.15, 0.2) is 11.6 Å². The lowest BCUT2D eigenvalue weighted by molar-refractivity contribution is -0.147. The van der Waals surface area contributed by atoms with Gasteiger partial charge < -0.3 is 14.9 Å². The first-order valence-corrected chi connectivity index (χ1v) is 10.7. The Hall–Kier alpha value is -0.870. The van der Waals surface area contributed by atoms with Crippen LogP contribution in [0.1, 0.15) is 104 Å². The van der Waals surface area contributed by atoms with E-state index in [1.54, 1.807) is 0 Å². The van der Waals surface area contributed by atoms with E-state index in [-0.39, 0.29) is 19.2 Å². The van der Waals surface area contributed by atoms with E-state index in [9.17, 15) is 4.79 Å². The minimum absolute atomic E-state index is 0.111. The van der Waals surface area contributed by atoms with Gasteiger partial charge in [-0.25, -0.2) is 0 Å². The molecule has 0 rings (SSSR count). The number of aliphatic hydroxyl groups excluding tert-OH is 2. The monoisotopic (exact) mass is 370 g/mol. The molecule has 0 aromatic carbocycles. The Morgan fingerprint density at radius 3 is 2.15 bits per heavy atom. The van der Waals surface area contributed by atoms with Crippen LogP contribution in [-0.4, -0.2) is 35.5 Å². The molecule has 0 aliphatic carbocycles. The lowest BCUT2D eigenvalue weighted by atomic mass is 10.0. The van der Waals surface area contributed by atoms with Gasteiger partial charge in [0.2, 0.25) is 0 Å². The van der Waals surface area contributed by atoms with Crippen LogP contribution in [0.2, 0.25) is 0 Å². The number of esters is 1. The van der Waals surface area contributed by atoms with Crippen molar-refractivity contribution in [2.45, 2.75) is 110 Å². The van der Waals surface area contributed by atoms with Crippen LogP contribution in [0.5, 0.6) is 0 Å². The Morgan fingerprint density at radius 1 is 0.923 bits per heavy atom. The number of carbonyl (C=O) groups is 1. The molecule has 0 aromatic heterocycles. The molecule has 4 nitrogen and oxygen atoms in total. The van der Waals surface area contributed by atoms with E-state index < -0.39 is 6.10 Å². The Bertz CT molecular complexity index is 352. The van der Waals surface area contributed by atoms with Gasteiger partial charge in [-0.2, -0.15) is 0 Å². The predicted molar refractivity (Wildman–Crippen MR) is 108 cm³/mol. The van der Waals surface area contributed by atoms with Crippen molar-refractivity contribution in [3.05, 3.63) is 11.6 Å². The van der Waals surface area contributed by atoms with Crippen LogP contribution in [-0.2, 0) is 9.53 Å². The molecule has 0 heterocycles. The van der Waals surface area contributed by atoms with Crippen molar-refractivity contribution >= 4 is 5.97 Å². The smallest absolute Gasteiger partial charge is 0.305 e. The summed E-state index contributed by atoms with van der Waals surface area (Å²) in [6, 6.07) is 0. The van der Waals surface area contributed by atoms with Gasteiger partial charge in [0.25, 0.3) is 0 Å². The number of allylic oxidation sites excluding steroid dienone is 2. The maximum Gasteiger partial charge on any atom is 0.305 e. The highest BCUT2D eigenvalue weighted by Gasteiger charge is 2.07. The van der Waals surface area contributed by atoms with Gasteiger partial charge in [-0.3, -0.25) is 4.79 Å². The van der Waals surface area contributed by atoms with Crippen LogP contribution < -0.4 is 0 Å². The van der Waals surface area contributed by atoms with E-state index >= 15 is 0 Å². The van der Waals surface area contributed by atoms with Gasteiger partial charge in [0.1, 0.15) is 12.7 Å². The summed E-state index contributed by atoms with van der Waals surface area (Å²) in [6.07, 6.45) is 17.9. The SMILES string of the molecule is CCCCCCCCC(C)=CCCCCCCCC(=O)OCC(O)CO. The number of unbranched alkanes of at least 4 members (excludes halogenated alkanes) is 10. The third-order valence-corrected chi connectivity index (χ3v) is 4.65. The van der Waals surface area contributed by atoms with Crippen LogP contribution >= 0.6 is 0 Å². The summed E-state index contributed by atoms with van der Waals surface area (Å²) < 4.78 is 4.87. The van der Waals surface area contributed by atoms with Gasteiger partial charge in [0, 0.05) is 6.42 Å². The maximum atomic E-state index is 11.4. The summed E-state index contributed by atoms with van der Waals surface area (Å²) in [4.78, 5) is 11.4. The molecule has 0 saturated carbocycles. The van der Waals surface area contributed by atoms with Gasteiger partial charge in [-0.1, -0.05) is 69.9 Å². The molecule has 0 spiro atoms. The average molecular weight is 371 g/mol. The van der Waals surface area contributed by atoms with E-state index in [1.807, 2.05) is 0 Å². The summed E-state index contributed by atoms with van der Waals surface area (Å²) in [7, 11) is 0. The Kier molecular flexibility index (Phi) is 18.3. The number of hydrogen-bond acceptors (Lipinski definition) is 4. The quantitative estimate of drug-likeness (QED) is 0.195. The highest BCUT2D eigenvalue weighted by atomic mass is 16.5. The molecule has 0 aliphatic heterocycles. The zero-order chi connectivity index (χ0) is 19.5. The van der Waals surface area contributed by atoms with Gasteiger partial charge >= 0.3 is 5.97 Å². The summed E-state index contributed by atoms with van der Waals surface area (Å²) in [5, 5.41) is 17.7. The number of carbonyl (C=O) groups excluding carboxylic acids is 1. The lowest BCUT2D eigenvalue weighted by Crippen LogP contribution is -2.21. The Morgan fingerprint density at radius 2 is 1.50 bits per heavy atom. The van der Waals surface area contributed by atoms with Gasteiger partial charge in [0.05, 0.1) is 6.61 Å². The van der Waals surface area contributed by atoms with Gasteiger partial charge in [-0.15, -0.1) is 0 Å². The van der Waals surface area contributed by atoms with E-state index in [4.69, 9.17) is 14.9 Å². The van der Waals surface area contributed by atoms with Crippen molar-refractivity contribution in [2.75, 3.05) is 13.2 Å². The molecular formula is C22H42O4. The van der Waals surface area contributed by atoms with Crippen molar-refractivity contribution in [2.24, 2.45) is 0 Å². The lowest BCUT2D eigenvalue weighted by Gasteiger charge is -2.08. The number of rotatable bonds is 18. The number of hydrogen-bond donors (Lipinski definition) is 2. The summed E-state index contributed by atoms with van der Waals surface area (Å²) in [6.45, 7) is 4.03. The standard InChI is InChI=1S/C22H42O4/c1-3-4-5-6-9-12-15-20(2)16-13-10-7-8-11-14-17-22(25)26-19-21(24)18-23/h16,21,23-24H,3-15,17-19H2,1-2H3. The average Bonchev–Trinajstić information content (AvgIpc) is 2.64. The highest BCUT2D eigenvalue weighted by molar-refractivity contribution is 5.69. The zero-order valence-electron chi connectivity index (χ0n) is 17.2. The highest BCUT2D eigenvalue weighted by Crippen LogP contribution is 2.14. The minimum atomic E-state index is -0.962. The summed E-state index contributed by atoms with van der Waals surface area (Å²) >= 11 is 0. The first-order valence-electron chi connectivity index (χ1n) is 10.7. The molecular weight excluding hydrogens is 328 g/mol. The molecule has 0 aromatic rings. The van der Waals surface area contributed by atoms with E-state index in [2.05, 4.69) is 19.9 Å². The van der Waals surface area contributed by atoms with E-state index in [0.717, 1.165) is 19.3 Å². The molecule has 0 aliphatic rings. The molecule has 2 N–H and O–H groups in total. The Balaban J connectivity index is 3.39. The molecule has 0 bridgehead atoms. The van der Waals surface area contributed by atoms with E-state index in [1.165, 1.54) is 69.8 Å². The van der Waals surface area contributed by atoms with Gasteiger partial charge in [-0.05, 0) is 39.0 Å². The van der Waals surface area contributed by atoms with Crippen LogP contribution in [0.3, 0.4) is 0 Å². The molecule has 4 heteroatoms. The molecule has 0 amide bonds. The zero-order valence-corrected chi connectivity index (χ0v) is 17.2. The number of aliphatic hydroxyl groups is 2. The molecule has 1 unspecified atom stereocenters. The topological polar surface area (TPSA) is 66.8 Å². The third kappa shape index (κ3) is 17.9. The van der Waals surface area contributed by atoms with Crippen molar-refractivity contribution in [3.8, 4) is 0 Å². The van der Waals surface area contributed by atoms with Crippen molar-refractivity contribution in [1.82, 2.24) is 0 Å². The third-order valence-electron chi connectivity index (χ3n) is 4.65. The molecule has 0 radical (unpaired) electrons. The fraction of sp³-hybridized carbons (Fsp3) is 0.864. The van der Waals surface area contributed by atoms with Crippen molar-refractivity contribution < 1.29 is 19.7 Å². The van der Waals surface area contributed by atoms with Crippen molar-refractivity contribution in [3.63, 3.8) is 0 Å². The van der Waals surface area contributed by atoms with Crippen LogP contribution in [0.4, 0.5) is 0 Å². The molecule has 26 heavy (non-hydrogen) atoms. The largest absolute Gasteiger partial charge is 0.463 e. The van der Waals surface area contributed by atoms with Gasteiger partial charge in [0.15, 0.2) is 0 Å². The molecule has 1 atom stereocenters. The van der Waals surface area contributed by atoms with Crippen molar-refractivity contribution in [1.29, 1.82) is 0 Å². The second-order valence-electron chi connectivity index (χ2n) is 7.39.